The van der Waals surface area contributed by atoms with Crippen molar-refractivity contribution in [3.8, 4) is 11.5 Å². The zero-order valence-electron chi connectivity index (χ0n) is 11.1. The molecule has 1 aliphatic rings. The molecule has 0 aromatic heterocycles. The maximum Gasteiger partial charge on any atom is 0.269 e. The Morgan fingerprint density at radius 1 is 1.05 bits per heavy atom. The molecular formula is C15H10F3NO3. The van der Waals surface area contributed by atoms with Gasteiger partial charge in [0.05, 0.1) is 5.69 Å². The molecule has 0 aliphatic carbocycles. The molecule has 4 nitrogen and oxygen atoms in total. The monoisotopic (exact) mass is 309 g/mol. The number of anilines is 1. The van der Waals surface area contributed by atoms with Crippen LogP contribution in [0.1, 0.15) is 0 Å². The SMILES string of the molecule is O=C(Nc1ccc(F)c(F)c1F)[C@@H]1COc2ccccc2O1. The number of ether oxygens (including phenoxy) is 2. The van der Waals surface area contributed by atoms with Crippen LogP contribution in [0.2, 0.25) is 0 Å². The van der Waals surface area contributed by atoms with Crippen LogP contribution in [0.5, 0.6) is 11.5 Å². The van der Waals surface area contributed by atoms with Crippen LogP contribution in [0.4, 0.5) is 18.9 Å². The summed E-state index contributed by atoms with van der Waals surface area (Å²) in [5, 5.41) is 2.15. The van der Waals surface area contributed by atoms with Gasteiger partial charge >= 0.3 is 0 Å². The summed E-state index contributed by atoms with van der Waals surface area (Å²) in [6.07, 6.45) is -1.03. The first-order valence-corrected chi connectivity index (χ1v) is 6.39. The van der Waals surface area contributed by atoms with Crippen molar-refractivity contribution in [3.05, 3.63) is 53.8 Å². The summed E-state index contributed by atoms with van der Waals surface area (Å²) in [7, 11) is 0. The van der Waals surface area contributed by atoms with Gasteiger partial charge < -0.3 is 14.8 Å². The van der Waals surface area contributed by atoms with E-state index in [0.29, 0.717) is 11.5 Å². The Kier molecular flexibility index (Phi) is 3.62. The minimum absolute atomic E-state index is 0.0753. The minimum Gasteiger partial charge on any atom is -0.485 e. The summed E-state index contributed by atoms with van der Waals surface area (Å²) in [6.45, 7) is -0.0753. The lowest BCUT2D eigenvalue weighted by Crippen LogP contribution is -2.40. The Hall–Kier alpha value is -2.70. The summed E-state index contributed by atoms with van der Waals surface area (Å²) in [5.74, 6) is -4.30. The number of hydrogen-bond acceptors (Lipinski definition) is 3. The van der Waals surface area contributed by atoms with E-state index in [4.69, 9.17) is 9.47 Å². The van der Waals surface area contributed by atoms with Crippen molar-refractivity contribution < 1.29 is 27.4 Å². The fraction of sp³-hybridized carbons (Fsp3) is 0.133. The lowest BCUT2D eigenvalue weighted by molar-refractivity contribution is -0.125. The largest absolute Gasteiger partial charge is 0.485 e. The molecule has 1 N–H and O–H groups in total. The number of amides is 1. The Morgan fingerprint density at radius 3 is 2.55 bits per heavy atom. The second-order valence-corrected chi connectivity index (χ2v) is 4.58. The highest BCUT2D eigenvalue weighted by atomic mass is 19.2. The third-order valence-corrected chi connectivity index (χ3v) is 3.09. The van der Waals surface area contributed by atoms with Gasteiger partial charge in [0.25, 0.3) is 5.91 Å². The van der Waals surface area contributed by atoms with Crippen molar-refractivity contribution in [2.45, 2.75) is 6.10 Å². The smallest absolute Gasteiger partial charge is 0.269 e. The average Bonchev–Trinajstić information content (AvgIpc) is 2.55. The second kappa shape index (κ2) is 5.59. The van der Waals surface area contributed by atoms with E-state index < -0.39 is 35.2 Å². The predicted molar refractivity (Wildman–Crippen MR) is 71.3 cm³/mol. The number of rotatable bonds is 2. The van der Waals surface area contributed by atoms with E-state index in [-0.39, 0.29) is 6.61 Å². The summed E-state index contributed by atoms with van der Waals surface area (Å²) >= 11 is 0. The van der Waals surface area contributed by atoms with Crippen LogP contribution in [0.3, 0.4) is 0 Å². The first kappa shape index (κ1) is 14.2. The second-order valence-electron chi connectivity index (χ2n) is 4.58. The molecule has 1 atom stereocenters. The number of nitrogens with one attached hydrogen (secondary N) is 1. The van der Waals surface area contributed by atoms with Crippen LogP contribution in [-0.2, 0) is 4.79 Å². The highest BCUT2D eigenvalue weighted by molar-refractivity contribution is 5.94. The number of fused-ring (bicyclic) bond motifs is 1. The summed E-state index contributed by atoms with van der Waals surface area (Å²) < 4.78 is 50.3. The van der Waals surface area contributed by atoms with Crippen molar-refractivity contribution in [3.63, 3.8) is 0 Å². The zero-order valence-corrected chi connectivity index (χ0v) is 11.1. The fourth-order valence-corrected chi connectivity index (χ4v) is 1.98. The van der Waals surface area contributed by atoms with Gasteiger partial charge in [-0.3, -0.25) is 4.79 Å². The van der Waals surface area contributed by atoms with Gasteiger partial charge in [-0.2, -0.15) is 0 Å². The molecule has 114 valence electrons. The van der Waals surface area contributed by atoms with E-state index >= 15 is 0 Å². The summed E-state index contributed by atoms with van der Waals surface area (Å²) in [6, 6.07) is 8.41. The molecule has 1 aliphatic heterocycles. The topological polar surface area (TPSA) is 47.6 Å². The van der Waals surface area contributed by atoms with E-state index in [2.05, 4.69) is 5.32 Å². The third kappa shape index (κ3) is 2.57. The molecule has 0 fully saturated rings. The standard InChI is InChI=1S/C15H10F3NO3/c16-8-5-6-9(14(18)13(8)17)19-15(20)12-7-21-10-3-1-2-4-11(10)22-12/h1-6,12H,7H2,(H,19,20)/t12-/m0/s1. The molecule has 0 saturated carbocycles. The number of halogens is 3. The molecule has 1 amide bonds. The number of hydrogen-bond donors (Lipinski definition) is 1. The summed E-state index contributed by atoms with van der Waals surface area (Å²) in [4.78, 5) is 12.0. The van der Waals surface area contributed by atoms with Gasteiger partial charge in [-0.1, -0.05) is 12.1 Å². The average molecular weight is 309 g/mol. The molecule has 7 heteroatoms. The van der Waals surface area contributed by atoms with Crippen LogP contribution in [-0.4, -0.2) is 18.6 Å². The molecule has 2 aromatic rings. The molecule has 0 bridgehead atoms. The van der Waals surface area contributed by atoms with Gasteiger partial charge in [-0.25, -0.2) is 13.2 Å². The van der Waals surface area contributed by atoms with Gasteiger partial charge in [0.15, 0.2) is 29.0 Å². The number of para-hydroxylation sites is 2. The zero-order chi connectivity index (χ0) is 15.7. The van der Waals surface area contributed by atoms with E-state index in [0.717, 1.165) is 12.1 Å². The first-order valence-electron chi connectivity index (χ1n) is 6.39. The van der Waals surface area contributed by atoms with Crippen LogP contribution < -0.4 is 14.8 Å². The highest BCUT2D eigenvalue weighted by Gasteiger charge is 2.28. The Morgan fingerprint density at radius 2 is 1.77 bits per heavy atom. The number of carbonyl (C=O) groups excluding carboxylic acids is 1. The van der Waals surface area contributed by atoms with Gasteiger partial charge in [0.2, 0.25) is 6.10 Å². The fourth-order valence-electron chi connectivity index (χ4n) is 1.98. The molecule has 0 radical (unpaired) electrons. The maximum atomic E-state index is 13.5. The van der Waals surface area contributed by atoms with Crippen LogP contribution in [0, 0.1) is 17.5 Å². The van der Waals surface area contributed by atoms with Crippen LogP contribution in [0.15, 0.2) is 36.4 Å². The van der Waals surface area contributed by atoms with Crippen molar-refractivity contribution >= 4 is 11.6 Å². The molecule has 0 saturated heterocycles. The molecular weight excluding hydrogens is 299 g/mol. The lowest BCUT2D eigenvalue weighted by Gasteiger charge is -2.25. The number of carbonyl (C=O) groups is 1. The molecule has 0 spiro atoms. The van der Waals surface area contributed by atoms with Crippen molar-refractivity contribution in [2.24, 2.45) is 0 Å². The van der Waals surface area contributed by atoms with Crippen molar-refractivity contribution in [1.82, 2.24) is 0 Å². The quantitative estimate of drug-likeness (QED) is 0.868. The van der Waals surface area contributed by atoms with E-state index in [1.165, 1.54) is 0 Å². The van der Waals surface area contributed by atoms with E-state index in [1.54, 1.807) is 24.3 Å². The third-order valence-electron chi connectivity index (χ3n) is 3.09. The highest BCUT2D eigenvalue weighted by Crippen LogP contribution is 2.31. The molecule has 22 heavy (non-hydrogen) atoms. The van der Waals surface area contributed by atoms with Gasteiger partial charge in [0.1, 0.15) is 6.61 Å². The van der Waals surface area contributed by atoms with Crippen LogP contribution >= 0.6 is 0 Å². The number of benzene rings is 2. The van der Waals surface area contributed by atoms with E-state index in [1.807, 2.05) is 0 Å². The Labute approximate surface area is 123 Å². The molecule has 1 heterocycles. The van der Waals surface area contributed by atoms with Crippen LogP contribution in [0.25, 0.3) is 0 Å². The van der Waals surface area contributed by atoms with Crippen molar-refractivity contribution in [1.29, 1.82) is 0 Å². The van der Waals surface area contributed by atoms with E-state index in [9.17, 15) is 18.0 Å². The summed E-state index contributed by atoms with van der Waals surface area (Å²) in [5.41, 5.74) is -0.466. The first-order chi connectivity index (χ1) is 10.6. The normalized spacial score (nSPS) is 16.2. The van der Waals surface area contributed by atoms with Gasteiger partial charge in [-0.15, -0.1) is 0 Å². The minimum atomic E-state index is -1.65. The molecule has 0 unspecified atom stereocenters. The lowest BCUT2D eigenvalue weighted by atomic mass is 10.2. The Bertz CT molecular complexity index is 736. The van der Waals surface area contributed by atoms with Gasteiger partial charge in [0, 0.05) is 0 Å². The molecule has 2 aromatic carbocycles. The predicted octanol–water partition coefficient (Wildman–Crippen LogP) is 2.88. The van der Waals surface area contributed by atoms with Gasteiger partial charge in [-0.05, 0) is 24.3 Å². The maximum absolute atomic E-state index is 13.5. The Balaban J connectivity index is 1.75. The molecule has 3 rings (SSSR count). The van der Waals surface area contributed by atoms with Crippen molar-refractivity contribution in [2.75, 3.05) is 11.9 Å².